The van der Waals surface area contributed by atoms with Crippen molar-refractivity contribution in [1.29, 1.82) is 0 Å². The number of ether oxygens (including phenoxy) is 5. The Balaban J connectivity index is 1.06. The standard InChI is InChI=1S/C66H57N3O6/c1-71-62-32-22-57(23-33-62)67(53-14-6-46(45-70)7-15-53)54-16-8-47(9-17-54)50-42-51(48-10-18-55(19-11-48)68(58-24-34-63(72-2)35-25-58)59-26-36-64(73-3)37-27-59)44-52(43-50)49-12-20-56(21-13-49)69(60-28-38-65(74-4)39-29-60)61-30-40-66(75-5)41-31-61/h6-44,70H,45H2,1-5H3. The summed E-state index contributed by atoms with van der Waals surface area (Å²) < 4.78 is 27.6. The fraction of sp³-hybridized carbons (Fsp3) is 0.0909. The highest BCUT2D eigenvalue weighted by Gasteiger charge is 2.18. The van der Waals surface area contributed by atoms with Gasteiger partial charge in [-0.3, -0.25) is 0 Å². The van der Waals surface area contributed by atoms with Gasteiger partial charge >= 0.3 is 0 Å². The van der Waals surface area contributed by atoms with Gasteiger partial charge in [0, 0.05) is 51.2 Å². The average Bonchev–Trinajstić information content (AvgIpc) is 3.49. The van der Waals surface area contributed by atoms with E-state index in [0.29, 0.717) is 0 Å². The zero-order valence-electron chi connectivity index (χ0n) is 42.6. The summed E-state index contributed by atoms with van der Waals surface area (Å²) in [7, 11) is 8.39. The van der Waals surface area contributed by atoms with E-state index in [1.165, 1.54) is 0 Å². The molecule has 0 saturated carbocycles. The summed E-state index contributed by atoms with van der Waals surface area (Å²) in [6, 6.07) is 81.4. The first-order valence-corrected chi connectivity index (χ1v) is 24.6. The number of benzene rings is 10. The summed E-state index contributed by atoms with van der Waals surface area (Å²) in [5.74, 6) is 3.94. The minimum Gasteiger partial charge on any atom is -0.497 e. The minimum absolute atomic E-state index is 0.0233. The molecule has 10 rings (SSSR count). The Labute approximate surface area is 439 Å². The molecule has 1 N–H and O–H groups in total. The van der Waals surface area contributed by atoms with Crippen molar-refractivity contribution in [3.8, 4) is 62.1 Å². The quantitative estimate of drug-likeness (QED) is 0.0904. The molecule has 9 nitrogen and oxygen atoms in total. The molecule has 0 heterocycles. The molecular formula is C66H57N3O6. The van der Waals surface area contributed by atoms with Crippen LogP contribution in [0.15, 0.2) is 237 Å². The molecule has 0 spiro atoms. The molecule has 0 aliphatic rings. The van der Waals surface area contributed by atoms with E-state index in [2.05, 4.69) is 166 Å². The SMILES string of the molecule is COc1ccc(N(c2ccc(CO)cc2)c2ccc(-c3cc(-c4ccc(N(c5ccc(OC)cc5)c5ccc(OC)cc5)cc4)cc(-c4ccc(N(c5ccc(OC)cc5)c5ccc(OC)cc5)cc4)c3)cc2)cc1. The highest BCUT2D eigenvalue weighted by molar-refractivity contribution is 5.86. The van der Waals surface area contributed by atoms with Crippen LogP contribution in [0.5, 0.6) is 28.7 Å². The number of anilines is 9. The van der Waals surface area contributed by atoms with E-state index in [1.54, 1.807) is 35.5 Å². The maximum absolute atomic E-state index is 9.84. The first kappa shape index (κ1) is 49.2. The molecule has 0 bridgehead atoms. The fourth-order valence-corrected chi connectivity index (χ4v) is 9.28. The van der Waals surface area contributed by atoms with Gasteiger partial charge in [0.25, 0.3) is 0 Å². The molecule has 0 atom stereocenters. The Kier molecular flexibility index (Phi) is 14.8. The number of hydrogen-bond acceptors (Lipinski definition) is 9. The average molecular weight is 988 g/mol. The van der Waals surface area contributed by atoms with Crippen LogP contribution in [0.25, 0.3) is 33.4 Å². The highest BCUT2D eigenvalue weighted by Crippen LogP contribution is 2.42. The van der Waals surface area contributed by atoms with Gasteiger partial charge in [0.15, 0.2) is 0 Å². The van der Waals surface area contributed by atoms with Gasteiger partial charge in [0.1, 0.15) is 28.7 Å². The largest absolute Gasteiger partial charge is 0.497 e. The van der Waals surface area contributed by atoms with Gasteiger partial charge < -0.3 is 43.5 Å². The molecule has 0 fully saturated rings. The molecule has 372 valence electrons. The van der Waals surface area contributed by atoms with Crippen LogP contribution in [0.3, 0.4) is 0 Å². The van der Waals surface area contributed by atoms with Crippen molar-refractivity contribution in [2.45, 2.75) is 6.61 Å². The van der Waals surface area contributed by atoms with Crippen molar-refractivity contribution in [3.05, 3.63) is 242 Å². The number of nitrogens with zero attached hydrogens (tertiary/aromatic N) is 3. The Morgan fingerprint density at radius 2 is 0.413 bits per heavy atom. The predicted octanol–water partition coefficient (Wildman–Crippen LogP) is 16.6. The number of rotatable bonds is 18. The van der Waals surface area contributed by atoms with Gasteiger partial charge in [-0.25, -0.2) is 0 Å². The Morgan fingerprint density at radius 3 is 0.587 bits per heavy atom. The predicted molar refractivity (Wildman–Crippen MR) is 305 cm³/mol. The van der Waals surface area contributed by atoms with Crippen LogP contribution in [0.1, 0.15) is 5.56 Å². The maximum atomic E-state index is 9.84. The van der Waals surface area contributed by atoms with Crippen LogP contribution in [-0.4, -0.2) is 40.7 Å². The summed E-state index contributed by atoms with van der Waals surface area (Å²) >= 11 is 0. The van der Waals surface area contributed by atoms with Crippen LogP contribution in [0.2, 0.25) is 0 Å². The third kappa shape index (κ3) is 10.9. The molecule has 75 heavy (non-hydrogen) atoms. The molecule has 9 heteroatoms. The number of aliphatic hydroxyl groups excluding tert-OH is 1. The van der Waals surface area contributed by atoms with E-state index in [1.807, 2.05) is 84.9 Å². The van der Waals surface area contributed by atoms with Gasteiger partial charge in [-0.05, 0) is 227 Å². The minimum atomic E-state index is -0.0233. The Bertz CT molecular complexity index is 2910. The topological polar surface area (TPSA) is 76.1 Å². The molecule has 0 radical (unpaired) electrons. The summed E-state index contributed by atoms with van der Waals surface area (Å²) in [5.41, 5.74) is 16.2. The molecule has 0 unspecified atom stereocenters. The monoisotopic (exact) mass is 987 g/mol. The Morgan fingerprint density at radius 1 is 0.240 bits per heavy atom. The lowest BCUT2D eigenvalue weighted by Crippen LogP contribution is -2.10. The molecule has 0 aliphatic carbocycles. The van der Waals surface area contributed by atoms with E-state index >= 15 is 0 Å². The second kappa shape index (κ2) is 22.5. The van der Waals surface area contributed by atoms with E-state index in [-0.39, 0.29) is 6.61 Å². The van der Waals surface area contributed by atoms with E-state index in [4.69, 9.17) is 23.7 Å². The second-order valence-electron chi connectivity index (χ2n) is 17.8. The van der Waals surface area contributed by atoms with Gasteiger partial charge in [0.05, 0.1) is 42.2 Å². The summed E-state index contributed by atoms with van der Waals surface area (Å²) in [4.78, 5) is 6.66. The lowest BCUT2D eigenvalue weighted by atomic mass is 9.93. The van der Waals surface area contributed by atoms with Crippen LogP contribution < -0.4 is 38.4 Å². The highest BCUT2D eigenvalue weighted by atomic mass is 16.5. The first-order chi connectivity index (χ1) is 36.8. The van der Waals surface area contributed by atoms with Crippen molar-refractivity contribution in [2.75, 3.05) is 50.2 Å². The summed E-state index contributed by atoms with van der Waals surface area (Å²) in [6.07, 6.45) is 0. The maximum Gasteiger partial charge on any atom is 0.119 e. The zero-order valence-corrected chi connectivity index (χ0v) is 42.6. The van der Waals surface area contributed by atoms with Gasteiger partial charge in [-0.2, -0.15) is 0 Å². The van der Waals surface area contributed by atoms with E-state index in [9.17, 15) is 5.11 Å². The molecule has 0 aromatic heterocycles. The van der Waals surface area contributed by atoms with Gasteiger partial charge in [-0.1, -0.05) is 48.5 Å². The van der Waals surface area contributed by atoms with Crippen LogP contribution >= 0.6 is 0 Å². The third-order valence-corrected chi connectivity index (χ3v) is 13.3. The van der Waals surface area contributed by atoms with Crippen molar-refractivity contribution in [1.82, 2.24) is 0 Å². The van der Waals surface area contributed by atoms with E-state index < -0.39 is 0 Å². The third-order valence-electron chi connectivity index (χ3n) is 13.3. The van der Waals surface area contributed by atoms with Crippen molar-refractivity contribution < 1.29 is 28.8 Å². The van der Waals surface area contributed by atoms with Crippen LogP contribution in [-0.2, 0) is 6.61 Å². The molecule has 0 saturated heterocycles. The Hall–Kier alpha value is -9.44. The smallest absolute Gasteiger partial charge is 0.119 e. The molecule has 0 amide bonds. The number of hydrogen-bond donors (Lipinski definition) is 1. The van der Waals surface area contributed by atoms with Gasteiger partial charge in [-0.15, -0.1) is 0 Å². The normalized spacial score (nSPS) is 10.9. The molecular weight excluding hydrogens is 931 g/mol. The fourth-order valence-electron chi connectivity index (χ4n) is 9.28. The molecule has 0 aliphatic heterocycles. The van der Waals surface area contributed by atoms with Crippen LogP contribution in [0.4, 0.5) is 51.2 Å². The molecule has 10 aromatic rings. The lowest BCUT2D eigenvalue weighted by Gasteiger charge is -2.26. The van der Waals surface area contributed by atoms with E-state index in [0.717, 1.165) is 119 Å². The van der Waals surface area contributed by atoms with Crippen molar-refractivity contribution >= 4 is 51.2 Å². The molecule has 10 aromatic carbocycles. The summed E-state index contributed by atoms with van der Waals surface area (Å²) in [6.45, 7) is -0.0233. The zero-order chi connectivity index (χ0) is 51.7. The van der Waals surface area contributed by atoms with Crippen molar-refractivity contribution in [3.63, 3.8) is 0 Å². The second-order valence-corrected chi connectivity index (χ2v) is 17.8. The van der Waals surface area contributed by atoms with Gasteiger partial charge in [0.2, 0.25) is 0 Å². The number of methoxy groups -OCH3 is 5. The lowest BCUT2D eigenvalue weighted by molar-refractivity contribution is 0.282. The van der Waals surface area contributed by atoms with Crippen molar-refractivity contribution in [2.24, 2.45) is 0 Å². The number of aliphatic hydroxyl groups is 1. The van der Waals surface area contributed by atoms with Crippen LogP contribution in [0, 0.1) is 0 Å². The first-order valence-electron chi connectivity index (χ1n) is 24.6. The summed E-state index contributed by atoms with van der Waals surface area (Å²) in [5, 5.41) is 9.84.